The highest BCUT2D eigenvalue weighted by atomic mass is 35.5. The number of nitrogens with zero attached hydrogens (tertiary/aromatic N) is 2. The van der Waals surface area contributed by atoms with Gasteiger partial charge in [-0.25, -0.2) is 4.98 Å². The molecular formula is C13H20ClN3S. The van der Waals surface area contributed by atoms with Crippen molar-refractivity contribution in [3.8, 4) is 0 Å². The Morgan fingerprint density at radius 1 is 1.61 bits per heavy atom. The number of nitrogens with one attached hydrogen (secondary N) is 1. The van der Waals surface area contributed by atoms with Crippen molar-refractivity contribution in [2.45, 2.75) is 25.9 Å². The zero-order chi connectivity index (χ0) is 13.0. The van der Waals surface area contributed by atoms with Gasteiger partial charge in [-0.1, -0.05) is 18.5 Å². The van der Waals surface area contributed by atoms with Crippen LogP contribution in [0.5, 0.6) is 0 Å². The first-order chi connectivity index (χ1) is 8.72. The van der Waals surface area contributed by atoms with Crippen LogP contribution in [-0.2, 0) is 6.54 Å². The molecule has 1 aliphatic rings. The van der Waals surface area contributed by atoms with Gasteiger partial charge >= 0.3 is 0 Å². The molecule has 100 valence electrons. The van der Waals surface area contributed by atoms with Crippen LogP contribution in [0.25, 0.3) is 0 Å². The Bertz CT molecular complexity index is 394. The summed E-state index contributed by atoms with van der Waals surface area (Å²) in [6.07, 6.45) is 3.14. The lowest BCUT2D eigenvalue weighted by atomic mass is 10.2. The molecule has 1 fully saturated rings. The van der Waals surface area contributed by atoms with Crippen LogP contribution in [0.15, 0.2) is 12.3 Å². The van der Waals surface area contributed by atoms with E-state index in [1.807, 2.05) is 24.0 Å². The Morgan fingerprint density at radius 3 is 3.06 bits per heavy atom. The number of thioether (sulfide) groups is 1. The van der Waals surface area contributed by atoms with Crippen molar-refractivity contribution in [2.24, 2.45) is 0 Å². The number of aromatic nitrogens is 1. The maximum Gasteiger partial charge on any atom is 0.147 e. The number of halogens is 1. The van der Waals surface area contributed by atoms with Crippen LogP contribution in [0.1, 0.15) is 18.9 Å². The first kappa shape index (κ1) is 14.0. The second-order valence-corrected chi connectivity index (χ2v) is 6.11. The third kappa shape index (κ3) is 3.31. The summed E-state index contributed by atoms with van der Waals surface area (Å²) in [6.45, 7) is 3.88. The smallest absolute Gasteiger partial charge is 0.147 e. The van der Waals surface area contributed by atoms with Crippen molar-refractivity contribution in [1.29, 1.82) is 0 Å². The molecule has 0 amide bonds. The quantitative estimate of drug-likeness (QED) is 0.900. The van der Waals surface area contributed by atoms with Crippen LogP contribution < -0.4 is 10.2 Å². The fourth-order valence-corrected chi connectivity index (χ4v) is 3.69. The molecular weight excluding hydrogens is 266 g/mol. The van der Waals surface area contributed by atoms with Crippen LogP contribution in [0, 0.1) is 0 Å². The molecule has 1 aromatic rings. The summed E-state index contributed by atoms with van der Waals surface area (Å²) in [7, 11) is 2.09. The Labute approximate surface area is 118 Å². The molecule has 0 saturated carbocycles. The Kier molecular flexibility index (Phi) is 5.15. The molecule has 2 rings (SSSR count). The van der Waals surface area contributed by atoms with Crippen molar-refractivity contribution < 1.29 is 0 Å². The molecule has 1 unspecified atom stereocenters. The lowest BCUT2D eigenvalue weighted by Gasteiger charge is -2.25. The maximum absolute atomic E-state index is 6.34. The summed E-state index contributed by atoms with van der Waals surface area (Å²) in [5.41, 5.74) is 1.14. The number of rotatable bonds is 5. The minimum absolute atomic E-state index is 0.569. The summed E-state index contributed by atoms with van der Waals surface area (Å²) in [5, 5.41) is 4.03. The van der Waals surface area contributed by atoms with Crippen LogP contribution >= 0.6 is 23.4 Å². The van der Waals surface area contributed by atoms with Crippen molar-refractivity contribution in [3.05, 3.63) is 22.8 Å². The van der Waals surface area contributed by atoms with Gasteiger partial charge in [-0.15, -0.1) is 0 Å². The number of pyridine rings is 1. The fourth-order valence-electron chi connectivity index (χ4n) is 2.10. The number of anilines is 1. The molecule has 5 heteroatoms. The summed E-state index contributed by atoms with van der Waals surface area (Å²) < 4.78 is 0. The summed E-state index contributed by atoms with van der Waals surface area (Å²) in [6, 6.07) is 2.59. The predicted octanol–water partition coefficient (Wildman–Crippen LogP) is 2.79. The molecule has 0 aliphatic carbocycles. The standard InChI is InChI=1S/C13H20ClN3S/c1-3-15-7-10-6-12(14)13(16-8-10)17(2)11-4-5-18-9-11/h6,8,11,15H,3-5,7,9H2,1-2H3. The predicted molar refractivity (Wildman–Crippen MR) is 80.8 cm³/mol. The van der Waals surface area contributed by atoms with Crippen molar-refractivity contribution in [3.63, 3.8) is 0 Å². The molecule has 1 saturated heterocycles. The lowest BCUT2D eigenvalue weighted by molar-refractivity contribution is 0.689. The average Bonchev–Trinajstić information content (AvgIpc) is 2.89. The molecule has 1 atom stereocenters. The van der Waals surface area contributed by atoms with Gasteiger partial charge in [0.05, 0.1) is 5.02 Å². The summed E-state index contributed by atoms with van der Waals surface area (Å²) in [4.78, 5) is 6.74. The van der Waals surface area contributed by atoms with Crippen LogP contribution in [-0.4, -0.2) is 36.1 Å². The van der Waals surface area contributed by atoms with E-state index in [0.717, 1.165) is 29.5 Å². The van der Waals surface area contributed by atoms with Gasteiger partial charge in [0.2, 0.25) is 0 Å². The van der Waals surface area contributed by atoms with Gasteiger partial charge in [-0.3, -0.25) is 0 Å². The highest BCUT2D eigenvalue weighted by Crippen LogP contribution is 2.29. The third-order valence-electron chi connectivity index (χ3n) is 3.24. The molecule has 0 radical (unpaired) electrons. The van der Waals surface area contributed by atoms with Gasteiger partial charge in [-0.2, -0.15) is 11.8 Å². The van der Waals surface area contributed by atoms with E-state index in [0.29, 0.717) is 6.04 Å². The molecule has 1 aliphatic heterocycles. The van der Waals surface area contributed by atoms with E-state index in [2.05, 4.69) is 29.2 Å². The number of hydrogen-bond donors (Lipinski definition) is 1. The van der Waals surface area contributed by atoms with E-state index in [-0.39, 0.29) is 0 Å². The van der Waals surface area contributed by atoms with Gasteiger partial charge < -0.3 is 10.2 Å². The van der Waals surface area contributed by atoms with Crippen molar-refractivity contribution in [1.82, 2.24) is 10.3 Å². The number of hydrogen-bond acceptors (Lipinski definition) is 4. The third-order valence-corrected chi connectivity index (χ3v) is 4.67. The zero-order valence-corrected chi connectivity index (χ0v) is 12.5. The molecule has 1 N–H and O–H groups in total. The van der Waals surface area contributed by atoms with E-state index in [4.69, 9.17) is 11.6 Å². The van der Waals surface area contributed by atoms with Crippen molar-refractivity contribution >= 4 is 29.2 Å². The Morgan fingerprint density at radius 2 is 2.44 bits per heavy atom. The molecule has 0 aromatic carbocycles. The molecule has 18 heavy (non-hydrogen) atoms. The van der Waals surface area contributed by atoms with E-state index in [9.17, 15) is 0 Å². The van der Waals surface area contributed by atoms with Gasteiger partial charge in [0.15, 0.2) is 0 Å². The first-order valence-corrected chi connectivity index (χ1v) is 7.91. The normalized spacial score (nSPS) is 19.2. The van der Waals surface area contributed by atoms with E-state index < -0.39 is 0 Å². The highest BCUT2D eigenvalue weighted by Gasteiger charge is 2.22. The zero-order valence-electron chi connectivity index (χ0n) is 10.9. The molecule has 0 bridgehead atoms. The highest BCUT2D eigenvalue weighted by molar-refractivity contribution is 7.99. The largest absolute Gasteiger partial charge is 0.355 e. The summed E-state index contributed by atoms with van der Waals surface area (Å²) >= 11 is 8.35. The maximum atomic E-state index is 6.34. The Hall–Kier alpha value is -0.450. The minimum atomic E-state index is 0.569. The Balaban J connectivity index is 2.08. The van der Waals surface area contributed by atoms with Gasteiger partial charge in [0.1, 0.15) is 5.82 Å². The monoisotopic (exact) mass is 285 g/mol. The van der Waals surface area contributed by atoms with Crippen molar-refractivity contribution in [2.75, 3.05) is 30.0 Å². The SMILES string of the molecule is CCNCc1cnc(N(C)C2CCSC2)c(Cl)c1. The minimum Gasteiger partial charge on any atom is -0.355 e. The second-order valence-electron chi connectivity index (χ2n) is 4.56. The van der Waals surface area contributed by atoms with Gasteiger partial charge in [0, 0.05) is 31.6 Å². The lowest BCUT2D eigenvalue weighted by Crippen LogP contribution is -2.32. The van der Waals surface area contributed by atoms with Gasteiger partial charge in [0.25, 0.3) is 0 Å². The van der Waals surface area contributed by atoms with Crippen LogP contribution in [0.2, 0.25) is 5.02 Å². The molecule has 3 nitrogen and oxygen atoms in total. The molecule has 0 spiro atoms. The van der Waals surface area contributed by atoms with Crippen LogP contribution in [0.4, 0.5) is 5.82 Å². The molecule has 1 aromatic heterocycles. The summed E-state index contributed by atoms with van der Waals surface area (Å²) in [5.74, 6) is 3.32. The fraction of sp³-hybridized carbons (Fsp3) is 0.615. The molecule has 2 heterocycles. The second kappa shape index (κ2) is 6.64. The van der Waals surface area contributed by atoms with E-state index in [1.54, 1.807) is 0 Å². The average molecular weight is 286 g/mol. The van der Waals surface area contributed by atoms with Gasteiger partial charge in [-0.05, 0) is 30.3 Å². The first-order valence-electron chi connectivity index (χ1n) is 6.38. The topological polar surface area (TPSA) is 28.2 Å². The van der Waals surface area contributed by atoms with E-state index >= 15 is 0 Å². The van der Waals surface area contributed by atoms with Crippen LogP contribution in [0.3, 0.4) is 0 Å². The van der Waals surface area contributed by atoms with E-state index in [1.165, 1.54) is 17.9 Å².